The Hall–Kier alpha value is -2.30. The molecule has 1 saturated heterocycles. The summed E-state index contributed by atoms with van der Waals surface area (Å²) in [5.74, 6) is 0.980. The Kier molecular flexibility index (Phi) is 5.57. The molecular formula is C23H30N4O5S. The molecule has 9 nitrogen and oxygen atoms in total. The number of benzene rings is 1. The average Bonchev–Trinajstić information content (AvgIpc) is 3.45. The Morgan fingerprint density at radius 2 is 2.03 bits per heavy atom. The number of rotatable bonds is 7. The predicted octanol–water partition coefficient (Wildman–Crippen LogP) is 2.07. The maximum atomic E-state index is 13.4. The summed E-state index contributed by atoms with van der Waals surface area (Å²) in [5, 5.41) is 4.09. The van der Waals surface area contributed by atoms with Crippen LogP contribution in [0.3, 0.4) is 0 Å². The van der Waals surface area contributed by atoms with Crippen LogP contribution in [0.2, 0.25) is 0 Å². The van der Waals surface area contributed by atoms with Gasteiger partial charge in [0.25, 0.3) is 0 Å². The van der Waals surface area contributed by atoms with Gasteiger partial charge in [0.05, 0.1) is 18.0 Å². The van der Waals surface area contributed by atoms with E-state index in [-0.39, 0.29) is 36.2 Å². The van der Waals surface area contributed by atoms with Crippen molar-refractivity contribution in [1.82, 2.24) is 19.1 Å². The lowest BCUT2D eigenvalue weighted by Gasteiger charge is -2.39. The van der Waals surface area contributed by atoms with Crippen molar-refractivity contribution < 1.29 is 22.7 Å². The lowest BCUT2D eigenvalue weighted by Crippen LogP contribution is -2.52. The molecule has 178 valence electrons. The molecule has 5 rings (SSSR count). The molecule has 1 unspecified atom stereocenters. The van der Waals surface area contributed by atoms with E-state index >= 15 is 0 Å². The Balaban J connectivity index is 1.21. The Labute approximate surface area is 194 Å². The number of ketones is 1. The van der Waals surface area contributed by atoms with Crippen molar-refractivity contribution in [2.45, 2.75) is 39.2 Å². The van der Waals surface area contributed by atoms with E-state index in [4.69, 9.17) is 9.47 Å². The molecule has 0 radical (unpaired) electrons. The Bertz CT molecular complexity index is 1120. The number of morpholine rings is 1. The van der Waals surface area contributed by atoms with Crippen molar-refractivity contribution in [2.24, 2.45) is 16.7 Å². The van der Waals surface area contributed by atoms with Gasteiger partial charge in [-0.25, -0.2) is 18.1 Å². The first-order valence-corrected chi connectivity index (χ1v) is 13.0. The van der Waals surface area contributed by atoms with Crippen molar-refractivity contribution in [1.29, 1.82) is 0 Å². The Morgan fingerprint density at radius 3 is 2.67 bits per heavy atom. The molecule has 3 fully saturated rings. The van der Waals surface area contributed by atoms with E-state index in [0.29, 0.717) is 37.7 Å². The van der Waals surface area contributed by atoms with E-state index in [0.717, 1.165) is 12.1 Å². The highest BCUT2D eigenvalue weighted by atomic mass is 32.2. The van der Waals surface area contributed by atoms with Crippen LogP contribution >= 0.6 is 0 Å². The number of hydrogen-bond acceptors (Lipinski definition) is 7. The number of Topliss-reactive ketones (excluding diaryl/α,β-unsaturated/α-hetero) is 1. The minimum absolute atomic E-state index is 0.0976. The third-order valence-corrected chi connectivity index (χ3v) is 9.99. The minimum Gasteiger partial charge on any atom is -0.491 e. The quantitative estimate of drug-likeness (QED) is 0.605. The van der Waals surface area contributed by atoms with Gasteiger partial charge in [-0.15, -0.1) is 0 Å². The third-order valence-electron chi connectivity index (χ3n) is 8.02. The molecule has 33 heavy (non-hydrogen) atoms. The van der Waals surface area contributed by atoms with Crippen LogP contribution < -0.4 is 4.74 Å². The number of aromatic nitrogens is 3. The summed E-state index contributed by atoms with van der Waals surface area (Å²) in [5.41, 5.74) is -0.166. The summed E-state index contributed by atoms with van der Waals surface area (Å²) in [6.45, 7) is 5.22. The molecule has 0 spiro atoms. The van der Waals surface area contributed by atoms with Crippen LogP contribution in [-0.4, -0.2) is 71.4 Å². The molecule has 2 aliphatic carbocycles. The molecule has 2 bridgehead atoms. The number of carbonyl (C=O) groups is 1. The van der Waals surface area contributed by atoms with Crippen LogP contribution in [-0.2, 0) is 19.6 Å². The number of sulfonamides is 1. The van der Waals surface area contributed by atoms with Gasteiger partial charge >= 0.3 is 0 Å². The summed E-state index contributed by atoms with van der Waals surface area (Å²) in [6.07, 6.45) is 4.83. The van der Waals surface area contributed by atoms with Gasteiger partial charge in [0.1, 0.15) is 36.9 Å². The SMILES string of the molecule is CC1(C)[C@H]2CC[C@]1(CS(=O)(=O)N1CCOC(COc3ccc(-n4cncn4)cc3)C1)C(=O)C2. The molecule has 1 aliphatic heterocycles. The first kappa shape index (κ1) is 22.5. The van der Waals surface area contributed by atoms with E-state index in [2.05, 4.69) is 23.9 Å². The van der Waals surface area contributed by atoms with Gasteiger partial charge in [-0.05, 0) is 48.4 Å². The minimum atomic E-state index is -3.60. The number of hydrogen-bond donors (Lipinski definition) is 0. The fraction of sp³-hybridized carbons (Fsp3) is 0.609. The summed E-state index contributed by atoms with van der Waals surface area (Å²) >= 11 is 0. The number of ether oxygens (including phenoxy) is 2. The van der Waals surface area contributed by atoms with E-state index < -0.39 is 15.4 Å². The van der Waals surface area contributed by atoms with Crippen LogP contribution in [0.4, 0.5) is 0 Å². The molecule has 0 N–H and O–H groups in total. The molecule has 0 amide bonds. The number of nitrogens with zero attached hydrogens (tertiary/aromatic N) is 4. The van der Waals surface area contributed by atoms with Crippen LogP contribution in [0.1, 0.15) is 33.1 Å². The van der Waals surface area contributed by atoms with Gasteiger partial charge in [-0.1, -0.05) is 13.8 Å². The third kappa shape index (κ3) is 3.87. The summed E-state index contributed by atoms with van der Waals surface area (Å²) in [4.78, 5) is 16.8. The predicted molar refractivity (Wildman–Crippen MR) is 121 cm³/mol. The van der Waals surface area contributed by atoms with Crippen molar-refractivity contribution in [3.63, 3.8) is 0 Å². The number of fused-ring (bicyclic) bond motifs is 2. The Morgan fingerprint density at radius 1 is 1.24 bits per heavy atom. The van der Waals surface area contributed by atoms with Crippen LogP contribution in [0, 0.1) is 16.7 Å². The second-order valence-corrected chi connectivity index (χ2v) is 11.9. The monoisotopic (exact) mass is 474 g/mol. The standard InChI is InChI=1S/C23H30N4O5S/c1-22(2)17-7-8-23(22,21(28)11-17)14-33(29,30)26-9-10-31-20(12-26)13-32-19-5-3-18(4-6-19)27-16-24-15-25-27/h3-6,15-17,20H,7-14H2,1-2H3/t17-,20?,23-/m0/s1. The van der Waals surface area contributed by atoms with Crippen molar-refractivity contribution in [3.05, 3.63) is 36.9 Å². The van der Waals surface area contributed by atoms with Crippen LogP contribution in [0.5, 0.6) is 5.75 Å². The van der Waals surface area contributed by atoms with Gasteiger partial charge < -0.3 is 9.47 Å². The van der Waals surface area contributed by atoms with Gasteiger partial charge in [0.2, 0.25) is 10.0 Å². The highest BCUT2D eigenvalue weighted by molar-refractivity contribution is 7.89. The molecule has 1 aromatic heterocycles. The van der Waals surface area contributed by atoms with Crippen molar-refractivity contribution >= 4 is 15.8 Å². The second-order valence-electron chi connectivity index (χ2n) is 9.92. The topological polar surface area (TPSA) is 104 Å². The zero-order valence-electron chi connectivity index (χ0n) is 19.0. The fourth-order valence-electron chi connectivity index (χ4n) is 5.78. The smallest absolute Gasteiger partial charge is 0.215 e. The molecular weight excluding hydrogens is 444 g/mol. The largest absolute Gasteiger partial charge is 0.491 e. The first-order valence-electron chi connectivity index (χ1n) is 11.4. The summed E-state index contributed by atoms with van der Waals surface area (Å²) in [7, 11) is -3.60. The summed E-state index contributed by atoms with van der Waals surface area (Å²) in [6, 6.07) is 7.41. The second kappa shape index (κ2) is 8.18. The zero-order chi connectivity index (χ0) is 23.3. The molecule has 10 heteroatoms. The highest BCUT2D eigenvalue weighted by Gasteiger charge is 2.65. The van der Waals surface area contributed by atoms with Gasteiger partial charge in [0, 0.05) is 24.9 Å². The van der Waals surface area contributed by atoms with Gasteiger partial charge in [-0.3, -0.25) is 4.79 Å². The maximum Gasteiger partial charge on any atom is 0.215 e. The van der Waals surface area contributed by atoms with Crippen LogP contribution in [0.25, 0.3) is 5.69 Å². The zero-order valence-corrected chi connectivity index (χ0v) is 19.8. The molecule has 1 aromatic carbocycles. The van der Waals surface area contributed by atoms with Gasteiger partial charge in [-0.2, -0.15) is 9.40 Å². The fourth-order valence-corrected chi connectivity index (χ4v) is 8.01. The van der Waals surface area contributed by atoms with Crippen molar-refractivity contribution in [3.8, 4) is 11.4 Å². The molecule has 2 heterocycles. The molecule has 2 saturated carbocycles. The van der Waals surface area contributed by atoms with E-state index in [1.807, 2.05) is 24.3 Å². The molecule has 3 atom stereocenters. The first-order chi connectivity index (χ1) is 15.7. The molecule has 2 aromatic rings. The highest BCUT2D eigenvalue weighted by Crippen LogP contribution is 2.64. The lowest BCUT2D eigenvalue weighted by atomic mass is 9.70. The normalized spacial score (nSPS) is 29.5. The van der Waals surface area contributed by atoms with Gasteiger partial charge in [0.15, 0.2) is 0 Å². The number of carbonyl (C=O) groups excluding carboxylic acids is 1. The van der Waals surface area contributed by atoms with E-state index in [1.165, 1.54) is 10.6 Å². The lowest BCUT2D eigenvalue weighted by molar-refractivity contribution is -0.128. The average molecular weight is 475 g/mol. The maximum absolute atomic E-state index is 13.4. The van der Waals surface area contributed by atoms with Crippen molar-refractivity contribution in [2.75, 3.05) is 32.1 Å². The van der Waals surface area contributed by atoms with E-state index in [9.17, 15) is 13.2 Å². The molecule has 3 aliphatic rings. The van der Waals surface area contributed by atoms with Crippen LogP contribution in [0.15, 0.2) is 36.9 Å². The summed E-state index contributed by atoms with van der Waals surface area (Å²) < 4.78 is 41.6. The van der Waals surface area contributed by atoms with E-state index in [1.54, 1.807) is 11.0 Å².